The summed E-state index contributed by atoms with van der Waals surface area (Å²) in [5.41, 5.74) is 2.10. The van der Waals surface area contributed by atoms with Crippen molar-refractivity contribution in [3.05, 3.63) is 29.3 Å². The highest BCUT2D eigenvalue weighted by molar-refractivity contribution is 5.97. The number of piperidine rings is 1. The number of likely N-dealkylation sites (tertiary alicyclic amines) is 1. The van der Waals surface area contributed by atoms with Crippen molar-refractivity contribution in [2.45, 2.75) is 26.7 Å². The predicted octanol–water partition coefficient (Wildman–Crippen LogP) is 1.98. The topological polar surface area (TPSA) is 81.7 Å². The van der Waals surface area contributed by atoms with Crippen molar-refractivity contribution in [1.82, 2.24) is 10.2 Å². The van der Waals surface area contributed by atoms with Gasteiger partial charge in [0.15, 0.2) is 0 Å². The minimum absolute atomic E-state index is 0.147. The van der Waals surface area contributed by atoms with Gasteiger partial charge in [-0.2, -0.15) is 0 Å². The number of anilines is 1. The largest absolute Gasteiger partial charge is 0.396 e. The van der Waals surface area contributed by atoms with E-state index in [1.807, 2.05) is 19.9 Å². The Morgan fingerprint density at radius 1 is 1.30 bits per heavy atom. The molecule has 0 aromatic heterocycles. The van der Waals surface area contributed by atoms with Gasteiger partial charge in [0, 0.05) is 37.5 Å². The van der Waals surface area contributed by atoms with Crippen molar-refractivity contribution in [3.8, 4) is 0 Å². The number of rotatable bonds is 4. The second-order valence-corrected chi connectivity index (χ2v) is 5.93. The lowest BCUT2D eigenvalue weighted by molar-refractivity contribution is 0.0956. The molecule has 1 aromatic rings. The van der Waals surface area contributed by atoms with E-state index in [-0.39, 0.29) is 18.5 Å². The van der Waals surface area contributed by atoms with Gasteiger partial charge < -0.3 is 20.6 Å². The van der Waals surface area contributed by atoms with E-state index in [2.05, 4.69) is 10.6 Å². The fourth-order valence-corrected chi connectivity index (χ4v) is 2.67. The van der Waals surface area contributed by atoms with E-state index in [4.69, 9.17) is 5.11 Å². The molecule has 2 rings (SSSR count). The maximum atomic E-state index is 12.4. The van der Waals surface area contributed by atoms with Gasteiger partial charge in [-0.05, 0) is 50.3 Å². The second kappa shape index (κ2) is 7.97. The number of benzene rings is 1. The Hall–Kier alpha value is -2.08. The van der Waals surface area contributed by atoms with Crippen LogP contribution in [0.25, 0.3) is 0 Å². The maximum Gasteiger partial charge on any atom is 0.321 e. The number of nitrogens with zero attached hydrogens (tertiary/aromatic N) is 1. The molecule has 0 spiro atoms. The Morgan fingerprint density at radius 2 is 2.00 bits per heavy atom. The zero-order valence-corrected chi connectivity index (χ0v) is 13.8. The summed E-state index contributed by atoms with van der Waals surface area (Å²) in [6.45, 7) is 5.80. The summed E-state index contributed by atoms with van der Waals surface area (Å²) in [6.07, 6.45) is 1.64. The van der Waals surface area contributed by atoms with Crippen LogP contribution >= 0.6 is 0 Å². The number of aliphatic hydroxyl groups excluding tert-OH is 1. The Labute approximate surface area is 136 Å². The van der Waals surface area contributed by atoms with Crippen LogP contribution in [-0.4, -0.2) is 48.2 Å². The van der Waals surface area contributed by atoms with Crippen molar-refractivity contribution < 1.29 is 14.7 Å². The summed E-state index contributed by atoms with van der Waals surface area (Å²) in [6, 6.07) is 5.14. The molecule has 126 valence electrons. The van der Waals surface area contributed by atoms with Crippen molar-refractivity contribution >= 4 is 17.6 Å². The van der Waals surface area contributed by atoms with Gasteiger partial charge in [0.05, 0.1) is 0 Å². The van der Waals surface area contributed by atoms with Crippen molar-refractivity contribution in [2.75, 3.05) is 31.6 Å². The van der Waals surface area contributed by atoms with Gasteiger partial charge in [0.1, 0.15) is 0 Å². The smallest absolute Gasteiger partial charge is 0.321 e. The summed E-state index contributed by atoms with van der Waals surface area (Å²) >= 11 is 0. The van der Waals surface area contributed by atoms with E-state index < -0.39 is 0 Å². The Kier molecular flexibility index (Phi) is 5.98. The first-order valence-corrected chi connectivity index (χ1v) is 8.10. The van der Waals surface area contributed by atoms with Gasteiger partial charge in [-0.3, -0.25) is 4.79 Å². The number of hydrogen-bond acceptors (Lipinski definition) is 3. The molecule has 3 N–H and O–H groups in total. The van der Waals surface area contributed by atoms with Crippen LogP contribution in [0.15, 0.2) is 18.2 Å². The van der Waals surface area contributed by atoms with Crippen molar-refractivity contribution in [2.24, 2.45) is 5.92 Å². The fraction of sp³-hybridized carbons (Fsp3) is 0.529. The molecular weight excluding hydrogens is 294 g/mol. The summed E-state index contributed by atoms with van der Waals surface area (Å²) in [7, 11) is 0. The highest BCUT2D eigenvalue weighted by Crippen LogP contribution is 2.20. The first kappa shape index (κ1) is 17.3. The lowest BCUT2D eigenvalue weighted by Gasteiger charge is -2.31. The van der Waals surface area contributed by atoms with Gasteiger partial charge in [0.25, 0.3) is 5.91 Å². The molecule has 23 heavy (non-hydrogen) atoms. The van der Waals surface area contributed by atoms with Crippen LogP contribution in [0.5, 0.6) is 0 Å². The minimum Gasteiger partial charge on any atom is -0.396 e. The van der Waals surface area contributed by atoms with E-state index in [1.54, 1.807) is 17.0 Å². The van der Waals surface area contributed by atoms with E-state index in [1.165, 1.54) is 0 Å². The monoisotopic (exact) mass is 319 g/mol. The van der Waals surface area contributed by atoms with Crippen LogP contribution in [0.3, 0.4) is 0 Å². The van der Waals surface area contributed by atoms with Crippen LogP contribution in [0.4, 0.5) is 10.5 Å². The summed E-state index contributed by atoms with van der Waals surface area (Å²) in [4.78, 5) is 26.0. The normalized spacial score (nSPS) is 15.3. The van der Waals surface area contributed by atoms with E-state index in [0.717, 1.165) is 18.4 Å². The average Bonchev–Trinajstić information content (AvgIpc) is 2.57. The molecule has 1 heterocycles. The second-order valence-electron chi connectivity index (χ2n) is 5.93. The molecule has 1 fully saturated rings. The third kappa shape index (κ3) is 4.45. The van der Waals surface area contributed by atoms with Gasteiger partial charge in [0.2, 0.25) is 0 Å². The van der Waals surface area contributed by atoms with E-state index in [9.17, 15) is 9.59 Å². The first-order chi connectivity index (χ1) is 11.0. The number of urea groups is 1. The maximum absolute atomic E-state index is 12.4. The highest BCUT2D eigenvalue weighted by atomic mass is 16.3. The molecule has 0 atom stereocenters. The molecule has 3 amide bonds. The Morgan fingerprint density at radius 3 is 2.61 bits per heavy atom. The quantitative estimate of drug-likeness (QED) is 0.794. The number of carbonyl (C=O) groups is 2. The number of nitrogens with one attached hydrogen (secondary N) is 2. The molecular formula is C17H25N3O3. The van der Waals surface area contributed by atoms with Crippen LogP contribution in [0.2, 0.25) is 0 Å². The van der Waals surface area contributed by atoms with Gasteiger partial charge in [-0.25, -0.2) is 4.79 Å². The first-order valence-electron chi connectivity index (χ1n) is 8.10. The highest BCUT2D eigenvalue weighted by Gasteiger charge is 2.22. The minimum atomic E-state index is -0.155. The molecule has 0 radical (unpaired) electrons. The zero-order valence-electron chi connectivity index (χ0n) is 13.8. The number of hydrogen-bond donors (Lipinski definition) is 3. The summed E-state index contributed by atoms with van der Waals surface area (Å²) in [5.74, 6) is 0.147. The number of aliphatic hydroxyl groups is 1. The lowest BCUT2D eigenvalue weighted by Crippen LogP contribution is -2.41. The third-order valence-electron chi connectivity index (χ3n) is 4.24. The molecule has 1 aromatic carbocycles. The lowest BCUT2D eigenvalue weighted by atomic mass is 9.98. The Bertz CT molecular complexity index is 566. The molecule has 6 heteroatoms. The van der Waals surface area contributed by atoms with Crippen LogP contribution < -0.4 is 10.6 Å². The molecule has 6 nitrogen and oxygen atoms in total. The van der Waals surface area contributed by atoms with Gasteiger partial charge >= 0.3 is 6.03 Å². The zero-order chi connectivity index (χ0) is 16.8. The molecule has 0 unspecified atom stereocenters. The predicted molar refractivity (Wildman–Crippen MR) is 89.6 cm³/mol. The molecule has 0 aliphatic carbocycles. The molecule has 0 saturated carbocycles. The van der Waals surface area contributed by atoms with Crippen molar-refractivity contribution in [3.63, 3.8) is 0 Å². The van der Waals surface area contributed by atoms with Crippen LogP contribution in [0, 0.1) is 12.8 Å². The Balaban J connectivity index is 2.03. The molecule has 1 aliphatic rings. The molecule has 1 aliphatic heterocycles. The number of carbonyl (C=O) groups excluding carboxylic acids is 2. The molecule has 0 bridgehead atoms. The SMILES string of the molecule is CCNC(=O)c1ccc(C)c(NC(=O)N2CCC(CO)CC2)c1. The van der Waals surface area contributed by atoms with Gasteiger partial charge in [-0.1, -0.05) is 6.07 Å². The third-order valence-corrected chi connectivity index (χ3v) is 4.24. The van der Waals surface area contributed by atoms with E-state index in [0.29, 0.717) is 36.8 Å². The van der Waals surface area contributed by atoms with Crippen LogP contribution in [-0.2, 0) is 0 Å². The van der Waals surface area contributed by atoms with Crippen LogP contribution in [0.1, 0.15) is 35.7 Å². The van der Waals surface area contributed by atoms with Gasteiger partial charge in [-0.15, -0.1) is 0 Å². The average molecular weight is 319 g/mol. The van der Waals surface area contributed by atoms with Crippen molar-refractivity contribution in [1.29, 1.82) is 0 Å². The number of aryl methyl sites for hydroxylation is 1. The number of amides is 3. The summed E-state index contributed by atoms with van der Waals surface area (Å²) < 4.78 is 0. The summed E-state index contributed by atoms with van der Waals surface area (Å²) in [5, 5.41) is 14.8. The standard InChI is InChI=1S/C17H25N3O3/c1-3-18-16(22)14-5-4-12(2)15(10-14)19-17(23)20-8-6-13(11-21)7-9-20/h4-5,10,13,21H,3,6-9,11H2,1-2H3,(H,18,22)(H,19,23). The van der Waals surface area contributed by atoms with E-state index >= 15 is 0 Å². The fourth-order valence-electron chi connectivity index (χ4n) is 2.67. The molecule has 1 saturated heterocycles.